The number of halogens is 5. The molecule has 1 atom stereocenters. The van der Waals surface area contributed by atoms with Gasteiger partial charge >= 0.3 is 6.18 Å². The van der Waals surface area contributed by atoms with Crippen LogP contribution in [-0.4, -0.2) is 59.3 Å². The topological polar surface area (TPSA) is 116 Å². The van der Waals surface area contributed by atoms with Crippen LogP contribution >= 0.6 is 11.6 Å². The predicted octanol–water partition coefficient (Wildman–Crippen LogP) is 4.86. The number of ether oxygens (including phenoxy) is 2. The van der Waals surface area contributed by atoms with Crippen LogP contribution in [0, 0.1) is 5.82 Å². The third-order valence-electron chi connectivity index (χ3n) is 7.82. The minimum Gasteiger partial charge on any atom is -0.472 e. The van der Waals surface area contributed by atoms with Crippen LogP contribution in [0.5, 0.6) is 5.88 Å². The molecule has 0 unspecified atom stereocenters. The lowest BCUT2D eigenvalue weighted by molar-refractivity contribution is -0.139. The van der Waals surface area contributed by atoms with Crippen molar-refractivity contribution in [1.29, 1.82) is 0 Å². The molecule has 2 aliphatic rings. The first-order valence-electron chi connectivity index (χ1n) is 14.3. The van der Waals surface area contributed by atoms with E-state index in [-0.39, 0.29) is 28.8 Å². The summed E-state index contributed by atoms with van der Waals surface area (Å²) >= 11 is 5.78. The van der Waals surface area contributed by atoms with E-state index >= 15 is 0 Å². The van der Waals surface area contributed by atoms with Crippen molar-refractivity contribution in [3.8, 4) is 5.88 Å². The Kier molecular flexibility index (Phi) is 8.69. The molecule has 1 amide bonds. The highest BCUT2D eigenvalue weighted by molar-refractivity contribution is 7.89. The molecule has 6 rings (SSSR count). The second kappa shape index (κ2) is 12.4. The number of aromatic nitrogens is 3. The fourth-order valence-corrected chi connectivity index (χ4v) is 6.05. The smallest absolute Gasteiger partial charge is 0.421 e. The van der Waals surface area contributed by atoms with Crippen LogP contribution in [0.15, 0.2) is 42.5 Å². The first kappa shape index (κ1) is 32.2. The SMILES string of the molecule is CS(=O)(=O)NC(=O)c1ccc2c(c1)nc(CN1CCc3cc(C(F)(F)F)c(OCc4ccc(Cl)cc4F)nc3C1)n2C[C@@H]1CCO1. The zero-order valence-electron chi connectivity index (χ0n) is 24.4. The second-order valence-electron chi connectivity index (χ2n) is 11.3. The van der Waals surface area contributed by atoms with Crippen molar-refractivity contribution in [2.75, 3.05) is 19.4 Å². The van der Waals surface area contributed by atoms with Crippen LogP contribution in [0.2, 0.25) is 5.02 Å². The van der Waals surface area contributed by atoms with Crippen LogP contribution in [0.1, 0.15) is 45.0 Å². The third-order valence-corrected chi connectivity index (χ3v) is 8.62. The first-order valence-corrected chi connectivity index (χ1v) is 16.5. The van der Waals surface area contributed by atoms with E-state index in [1.165, 1.54) is 24.3 Å². The van der Waals surface area contributed by atoms with Gasteiger partial charge in [-0.1, -0.05) is 17.7 Å². The lowest BCUT2D eigenvalue weighted by Crippen LogP contribution is -2.34. The van der Waals surface area contributed by atoms with Crippen LogP contribution in [0.4, 0.5) is 17.6 Å². The summed E-state index contributed by atoms with van der Waals surface area (Å²) in [5.74, 6) is -1.49. The van der Waals surface area contributed by atoms with Crippen molar-refractivity contribution >= 4 is 38.6 Å². The van der Waals surface area contributed by atoms with E-state index in [1.54, 1.807) is 6.07 Å². The molecule has 2 aliphatic heterocycles. The number of nitrogens with zero attached hydrogens (tertiary/aromatic N) is 4. The Morgan fingerprint density at radius 2 is 1.96 bits per heavy atom. The number of fused-ring (bicyclic) bond motifs is 2. The standard InChI is InChI=1S/C30H28ClF4N5O5S/c1-46(42,43)38-28(41)18-3-5-26-24(11-18)36-27(40(26)13-21-7-9-44-21)15-39-8-6-17-10-22(30(33,34)35)29(37-25(17)14-39)45-16-19-2-4-20(31)12-23(19)32/h2-5,10-12,21H,6-9,13-16H2,1H3,(H,38,41)/t21-/m0/s1. The van der Waals surface area contributed by atoms with Gasteiger partial charge in [0.2, 0.25) is 15.9 Å². The van der Waals surface area contributed by atoms with E-state index in [9.17, 15) is 30.8 Å². The van der Waals surface area contributed by atoms with Crippen LogP contribution < -0.4 is 9.46 Å². The molecule has 2 aromatic carbocycles. The second-order valence-corrected chi connectivity index (χ2v) is 13.4. The number of rotatable bonds is 9. The summed E-state index contributed by atoms with van der Waals surface area (Å²) in [5, 5.41) is 0.149. The molecule has 0 saturated carbocycles. The average Bonchev–Trinajstić information content (AvgIpc) is 3.28. The largest absolute Gasteiger partial charge is 0.472 e. The van der Waals surface area contributed by atoms with Crippen molar-refractivity contribution in [2.24, 2.45) is 0 Å². The molecule has 2 aromatic heterocycles. The third kappa shape index (κ3) is 7.12. The van der Waals surface area contributed by atoms with Crippen molar-refractivity contribution < 1.29 is 40.2 Å². The molecular weight excluding hydrogens is 654 g/mol. The molecule has 10 nitrogen and oxygen atoms in total. The number of sulfonamides is 1. The summed E-state index contributed by atoms with van der Waals surface area (Å²) in [6, 6.07) is 9.58. The predicted molar refractivity (Wildman–Crippen MR) is 159 cm³/mol. The number of carbonyl (C=O) groups excluding carboxylic acids is 1. The fourth-order valence-electron chi connectivity index (χ4n) is 5.43. The lowest BCUT2D eigenvalue weighted by atomic mass is 10.0. The molecule has 16 heteroatoms. The maximum absolute atomic E-state index is 14.3. The van der Waals surface area contributed by atoms with Gasteiger partial charge in [-0.3, -0.25) is 9.69 Å². The number of nitrogens with one attached hydrogen (secondary N) is 1. The summed E-state index contributed by atoms with van der Waals surface area (Å²) in [7, 11) is -3.77. The normalized spacial score (nSPS) is 17.0. The summed E-state index contributed by atoms with van der Waals surface area (Å²) in [6.45, 7) is 1.60. The van der Waals surface area contributed by atoms with E-state index in [2.05, 4.69) is 4.98 Å². The summed E-state index contributed by atoms with van der Waals surface area (Å²) in [5.41, 5.74) is 1.15. The van der Waals surface area contributed by atoms with Gasteiger partial charge in [0.1, 0.15) is 23.8 Å². The highest BCUT2D eigenvalue weighted by atomic mass is 35.5. The number of hydrogen-bond donors (Lipinski definition) is 1. The van der Waals surface area contributed by atoms with Gasteiger partial charge in [-0.05, 0) is 54.8 Å². The molecule has 244 valence electrons. The molecule has 1 saturated heterocycles. The van der Waals surface area contributed by atoms with E-state index in [0.29, 0.717) is 55.3 Å². The minimum absolute atomic E-state index is 0.0286. The molecule has 0 radical (unpaired) electrons. The fraction of sp³-hybridized carbons (Fsp3) is 0.367. The maximum atomic E-state index is 14.3. The molecule has 1 fully saturated rings. The molecule has 46 heavy (non-hydrogen) atoms. The number of amides is 1. The van der Waals surface area contributed by atoms with Crippen LogP contribution in [0.25, 0.3) is 11.0 Å². The van der Waals surface area contributed by atoms with Crippen LogP contribution in [-0.2, 0) is 53.6 Å². The Hall–Kier alpha value is -3.79. The van der Waals surface area contributed by atoms with Crippen molar-refractivity contribution in [1.82, 2.24) is 24.2 Å². The van der Waals surface area contributed by atoms with Gasteiger partial charge in [-0.15, -0.1) is 0 Å². The van der Waals surface area contributed by atoms with Gasteiger partial charge in [-0.2, -0.15) is 13.2 Å². The van der Waals surface area contributed by atoms with E-state index in [1.807, 2.05) is 14.2 Å². The monoisotopic (exact) mass is 681 g/mol. The Labute approximate surface area is 266 Å². The Bertz CT molecular complexity index is 1930. The number of benzene rings is 2. The van der Waals surface area contributed by atoms with Gasteiger partial charge in [-0.25, -0.2) is 27.5 Å². The zero-order chi connectivity index (χ0) is 32.8. The molecule has 4 aromatic rings. The number of alkyl halides is 3. The molecule has 4 heterocycles. The Morgan fingerprint density at radius 3 is 2.63 bits per heavy atom. The molecule has 0 aliphatic carbocycles. The van der Waals surface area contributed by atoms with Crippen LogP contribution in [0.3, 0.4) is 0 Å². The quantitative estimate of drug-likeness (QED) is 0.249. The van der Waals surface area contributed by atoms with Gasteiger partial charge in [0.25, 0.3) is 5.91 Å². The molecule has 0 bridgehead atoms. The Balaban J connectivity index is 1.27. The van der Waals surface area contributed by atoms with Gasteiger partial charge < -0.3 is 14.0 Å². The highest BCUT2D eigenvalue weighted by Crippen LogP contribution is 2.38. The van der Waals surface area contributed by atoms with Gasteiger partial charge in [0.05, 0.1) is 42.2 Å². The van der Waals surface area contributed by atoms with Crippen molar-refractivity contribution in [2.45, 2.75) is 51.4 Å². The van der Waals surface area contributed by atoms with E-state index < -0.39 is 46.0 Å². The van der Waals surface area contributed by atoms with Gasteiger partial charge in [0.15, 0.2) is 0 Å². The number of carbonyl (C=O) groups is 1. The van der Waals surface area contributed by atoms with Crippen molar-refractivity contribution in [3.05, 3.63) is 87.1 Å². The molecular formula is C30H28ClF4N5O5S. The maximum Gasteiger partial charge on any atom is 0.421 e. The number of pyridine rings is 1. The van der Waals surface area contributed by atoms with E-state index in [0.717, 1.165) is 30.3 Å². The van der Waals surface area contributed by atoms with E-state index in [4.69, 9.17) is 26.1 Å². The van der Waals surface area contributed by atoms with Crippen molar-refractivity contribution in [3.63, 3.8) is 0 Å². The number of imidazole rings is 1. The average molecular weight is 682 g/mol. The summed E-state index contributed by atoms with van der Waals surface area (Å²) in [4.78, 5) is 23.5. The summed E-state index contributed by atoms with van der Waals surface area (Å²) in [6.07, 6.45) is -2.73. The summed E-state index contributed by atoms with van der Waals surface area (Å²) < 4.78 is 94.4. The minimum atomic E-state index is -4.74. The zero-order valence-corrected chi connectivity index (χ0v) is 26.0. The molecule has 0 spiro atoms. The highest BCUT2D eigenvalue weighted by Gasteiger charge is 2.37. The lowest BCUT2D eigenvalue weighted by Gasteiger charge is -2.30. The molecule has 1 N–H and O–H groups in total. The number of hydrogen-bond acceptors (Lipinski definition) is 8. The van der Waals surface area contributed by atoms with Gasteiger partial charge in [0, 0.05) is 35.8 Å². The Morgan fingerprint density at radius 1 is 1.17 bits per heavy atom. The first-order chi connectivity index (χ1) is 21.7.